The van der Waals surface area contributed by atoms with Crippen LogP contribution in [0.25, 0.3) is 0 Å². The number of carbonyl (C=O) groups excluding carboxylic acids is 2. The van der Waals surface area contributed by atoms with Crippen molar-refractivity contribution in [2.45, 2.75) is 110 Å². The summed E-state index contributed by atoms with van der Waals surface area (Å²) in [6, 6.07) is 9.82. The molecule has 1 aliphatic carbocycles. The summed E-state index contributed by atoms with van der Waals surface area (Å²) < 4.78 is 7.32. The van der Waals surface area contributed by atoms with E-state index in [0.29, 0.717) is 25.4 Å². The van der Waals surface area contributed by atoms with E-state index < -0.39 is 5.54 Å². The van der Waals surface area contributed by atoms with Crippen LogP contribution >= 0.6 is 0 Å². The van der Waals surface area contributed by atoms with E-state index in [9.17, 15) is 9.59 Å². The second-order valence-corrected chi connectivity index (χ2v) is 11.6. The average Bonchev–Trinajstić information content (AvgIpc) is 3.24. The van der Waals surface area contributed by atoms with Gasteiger partial charge in [0, 0.05) is 18.0 Å². The Hall–Kier alpha value is -2.83. The molecule has 1 aliphatic heterocycles. The number of nitrogens with zero attached hydrogens (tertiary/aromatic N) is 3. The smallest absolute Gasteiger partial charge is 0.273 e. The largest absolute Gasteiger partial charge is 0.494 e. The number of hydrogen-bond acceptors (Lipinski definition) is 4. The van der Waals surface area contributed by atoms with Crippen LogP contribution in [-0.2, 0) is 23.3 Å². The Kier molecular flexibility index (Phi) is 7.76. The fourth-order valence-electron chi connectivity index (χ4n) is 5.24. The van der Waals surface area contributed by atoms with Crippen molar-refractivity contribution in [1.29, 1.82) is 0 Å². The fraction of sp³-hybridized carbons (Fsp3) is 0.621. The summed E-state index contributed by atoms with van der Waals surface area (Å²) in [5, 5.41) is 8.10. The average molecular weight is 495 g/mol. The van der Waals surface area contributed by atoms with Crippen LogP contribution in [0.2, 0.25) is 0 Å². The molecule has 0 unspecified atom stereocenters. The number of rotatable bonds is 6. The van der Waals surface area contributed by atoms with Gasteiger partial charge in [0.25, 0.3) is 5.91 Å². The first-order chi connectivity index (χ1) is 17.1. The Bertz CT molecular complexity index is 1060. The molecule has 1 aromatic carbocycles. The zero-order chi connectivity index (χ0) is 25.9. The summed E-state index contributed by atoms with van der Waals surface area (Å²) in [5.74, 6) is 0.545. The van der Waals surface area contributed by atoms with Gasteiger partial charge in [0.1, 0.15) is 17.0 Å². The highest BCUT2D eigenvalue weighted by atomic mass is 16.5. The maximum Gasteiger partial charge on any atom is 0.273 e. The minimum Gasteiger partial charge on any atom is -0.494 e. The second kappa shape index (κ2) is 10.7. The first-order valence-corrected chi connectivity index (χ1v) is 13.5. The van der Waals surface area contributed by atoms with Crippen molar-refractivity contribution in [2.75, 3.05) is 6.61 Å². The van der Waals surface area contributed by atoms with Gasteiger partial charge < -0.3 is 15.0 Å². The molecule has 2 amide bonds. The van der Waals surface area contributed by atoms with Gasteiger partial charge in [-0.15, -0.1) is 0 Å². The molecule has 0 bridgehead atoms. The molecule has 0 spiro atoms. The highest BCUT2D eigenvalue weighted by Gasteiger charge is 2.48. The van der Waals surface area contributed by atoms with Crippen LogP contribution in [0.1, 0.15) is 101 Å². The minimum absolute atomic E-state index is 0.0918. The Morgan fingerprint density at radius 3 is 2.36 bits per heavy atom. The van der Waals surface area contributed by atoms with Crippen molar-refractivity contribution in [3.8, 4) is 5.75 Å². The topological polar surface area (TPSA) is 76.5 Å². The van der Waals surface area contributed by atoms with E-state index in [2.05, 4.69) is 26.1 Å². The lowest BCUT2D eigenvalue weighted by Crippen LogP contribution is -2.64. The lowest BCUT2D eigenvalue weighted by Gasteiger charge is -2.44. The number of carbonyl (C=O) groups is 2. The molecule has 2 aromatic rings. The van der Waals surface area contributed by atoms with Gasteiger partial charge >= 0.3 is 0 Å². The summed E-state index contributed by atoms with van der Waals surface area (Å²) >= 11 is 0. The van der Waals surface area contributed by atoms with Gasteiger partial charge in [-0.2, -0.15) is 5.10 Å². The fourth-order valence-corrected chi connectivity index (χ4v) is 5.24. The third kappa shape index (κ3) is 5.60. The molecule has 1 fully saturated rings. The third-order valence-electron chi connectivity index (χ3n) is 7.57. The molecule has 2 aliphatic rings. The first kappa shape index (κ1) is 26.2. The minimum atomic E-state index is -1.05. The lowest BCUT2D eigenvalue weighted by atomic mass is 9.91. The van der Waals surface area contributed by atoms with Crippen LogP contribution < -0.4 is 10.1 Å². The van der Waals surface area contributed by atoms with Gasteiger partial charge in [-0.25, -0.2) is 0 Å². The van der Waals surface area contributed by atoms with E-state index in [0.717, 1.165) is 42.7 Å². The number of aromatic nitrogens is 2. The maximum atomic E-state index is 13.9. The van der Waals surface area contributed by atoms with Crippen LogP contribution in [0.3, 0.4) is 0 Å². The van der Waals surface area contributed by atoms with Crippen molar-refractivity contribution < 1.29 is 14.3 Å². The maximum absolute atomic E-state index is 13.9. The molecule has 0 saturated heterocycles. The van der Waals surface area contributed by atoms with Crippen molar-refractivity contribution in [3.63, 3.8) is 0 Å². The molecule has 1 aromatic heterocycles. The van der Waals surface area contributed by atoms with Crippen LogP contribution in [0.15, 0.2) is 30.3 Å². The summed E-state index contributed by atoms with van der Waals surface area (Å²) in [6.45, 7) is 11.4. The van der Waals surface area contributed by atoms with E-state index in [1.165, 1.54) is 19.3 Å². The third-order valence-corrected chi connectivity index (χ3v) is 7.57. The number of nitrogens with one attached hydrogen (secondary N) is 1. The van der Waals surface area contributed by atoms with E-state index in [1.807, 2.05) is 44.2 Å². The van der Waals surface area contributed by atoms with Crippen LogP contribution in [0.5, 0.6) is 5.75 Å². The summed E-state index contributed by atoms with van der Waals surface area (Å²) in [7, 11) is 0. The van der Waals surface area contributed by atoms with E-state index in [4.69, 9.17) is 9.84 Å². The number of ether oxygens (including phenoxy) is 1. The van der Waals surface area contributed by atoms with Crippen molar-refractivity contribution >= 4 is 11.8 Å². The van der Waals surface area contributed by atoms with Gasteiger partial charge in [-0.05, 0) is 50.5 Å². The Morgan fingerprint density at radius 2 is 1.75 bits per heavy atom. The van der Waals surface area contributed by atoms with E-state index >= 15 is 0 Å². The van der Waals surface area contributed by atoms with E-state index in [1.54, 1.807) is 9.58 Å². The summed E-state index contributed by atoms with van der Waals surface area (Å²) in [4.78, 5) is 29.6. The molecule has 7 heteroatoms. The highest BCUT2D eigenvalue weighted by Crippen LogP contribution is 2.32. The normalized spacial score (nSPS) is 21.5. The van der Waals surface area contributed by atoms with Crippen LogP contribution in [0, 0.1) is 0 Å². The molecule has 2 heterocycles. The van der Waals surface area contributed by atoms with Crippen molar-refractivity contribution in [1.82, 2.24) is 20.0 Å². The molecule has 1 saturated carbocycles. The van der Waals surface area contributed by atoms with Gasteiger partial charge in [0.05, 0.1) is 18.8 Å². The number of hydrogen-bond donors (Lipinski definition) is 1. The number of amides is 2. The molecule has 1 N–H and O–H groups in total. The molecular weight excluding hydrogens is 452 g/mol. The molecule has 4 rings (SSSR count). The summed E-state index contributed by atoms with van der Waals surface area (Å²) in [6.07, 6.45) is 7.98. The van der Waals surface area contributed by atoms with Gasteiger partial charge in [-0.3, -0.25) is 14.3 Å². The zero-order valence-corrected chi connectivity index (χ0v) is 22.6. The quantitative estimate of drug-likeness (QED) is 0.597. The highest BCUT2D eigenvalue weighted by molar-refractivity contribution is 5.99. The predicted molar refractivity (Wildman–Crippen MR) is 141 cm³/mol. The molecule has 0 radical (unpaired) electrons. The standard InChI is InChI=1S/C29H42N4O3/c1-6-36-23-16-14-21(15-17-23)19-32-26(34)24-18-25(28(2,3)4)31-33(24)20-29(32,5)27(35)30-22-12-10-8-7-9-11-13-22/h14-18,22H,6-13,19-20H2,1-5H3,(H,30,35)/t29-/m0/s1. The molecule has 196 valence electrons. The predicted octanol–water partition coefficient (Wildman–Crippen LogP) is 5.22. The number of fused-ring (bicyclic) bond motifs is 1. The van der Waals surface area contributed by atoms with Gasteiger partial charge in [-0.1, -0.05) is 65.0 Å². The number of benzene rings is 1. The SMILES string of the molecule is CCOc1ccc(CN2C(=O)c3cc(C(C)(C)C)nn3C[C@@]2(C)C(=O)NC2CCCCCCC2)cc1. The van der Waals surface area contributed by atoms with E-state index in [-0.39, 0.29) is 23.3 Å². The molecule has 7 nitrogen and oxygen atoms in total. The monoisotopic (exact) mass is 494 g/mol. The van der Waals surface area contributed by atoms with Crippen molar-refractivity contribution in [2.24, 2.45) is 0 Å². The first-order valence-electron chi connectivity index (χ1n) is 13.5. The van der Waals surface area contributed by atoms with Crippen molar-refractivity contribution in [3.05, 3.63) is 47.3 Å². The van der Waals surface area contributed by atoms with Gasteiger partial charge in [0.2, 0.25) is 5.91 Å². The molecule has 1 atom stereocenters. The second-order valence-electron chi connectivity index (χ2n) is 11.6. The lowest BCUT2D eigenvalue weighted by molar-refractivity contribution is -0.134. The molecule has 36 heavy (non-hydrogen) atoms. The zero-order valence-electron chi connectivity index (χ0n) is 22.6. The van der Waals surface area contributed by atoms with Crippen LogP contribution in [0.4, 0.5) is 0 Å². The van der Waals surface area contributed by atoms with Crippen LogP contribution in [-0.4, -0.2) is 44.7 Å². The van der Waals surface area contributed by atoms with Gasteiger partial charge in [0.15, 0.2) is 0 Å². The Labute approximate surface area is 215 Å². The Balaban J connectivity index is 1.65. The summed E-state index contributed by atoms with van der Waals surface area (Å²) in [5.41, 5.74) is 1.12. The molecular formula is C29H42N4O3. The Morgan fingerprint density at radius 1 is 1.11 bits per heavy atom.